The zero-order valence-corrected chi connectivity index (χ0v) is 12.7. The predicted octanol–water partition coefficient (Wildman–Crippen LogP) is 3.20. The van der Waals surface area contributed by atoms with Crippen molar-refractivity contribution in [2.45, 2.75) is 0 Å². The molecule has 1 heterocycles. The van der Waals surface area contributed by atoms with E-state index < -0.39 is 29.1 Å². The van der Waals surface area contributed by atoms with E-state index in [4.69, 9.17) is 28.3 Å². The molecule has 0 spiro atoms. The van der Waals surface area contributed by atoms with E-state index in [2.05, 4.69) is 0 Å². The fourth-order valence-corrected chi connectivity index (χ4v) is 2.63. The lowest BCUT2D eigenvalue weighted by Crippen LogP contribution is -2.29. The van der Waals surface area contributed by atoms with E-state index >= 15 is 0 Å². The minimum atomic E-state index is -1.38. The van der Waals surface area contributed by atoms with Crippen LogP contribution in [0.15, 0.2) is 30.3 Å². The second-order valence-corrected chi connectivity index (χ2v) is 5.58. The molecule has 0 radical (unpaired) electrons. The normalized spacial score (nSPS) is 13.4. The van der Waals surface area contributed by atoms with Gasteiger partial charge in [-0.05, 0) is 30.3 Å². The van der Waals surface area contributed by atoms with Gasteiger partial charge < -0.3 is 10.2 Å². The topological polar surface area (TPSA) is 94.9 Å². The number of hydrogen-bond acceptors (Lipinski definition) is 4. The van der Waals surface area contributed by atoms with Gasteiger partial charge in [0.1, 0.15) is 11.3 Å². The lowest BCUT2D eigenvalue weighted by atomic mass is 10.1. The number of anilines is 1. The summed E-state index contributed by atoms with van der Waals surface area (Å²) in [5.41, 5.74) is -0.238. The van der Waals surface area contributed by atoms with E-state index in [-0.39, 0.29) is 26.9 Å². The van der Waals surface area contributed by atoms with Crippen LogP contribution < -0.4 is 4.90 Å². The zero-order chi connectivity index (χ0) is 16.9. The number of halogens is 2. The third-order valence-corrected chi connectivity index (χ3v) is 4.12. The molecule has 0 aromatic heterocycles. The molecule has 0 aliphatic carbocycles. The fourth-order valence-electron chi connectivity index (χ4n) is 2.30. The number of carbonyl (C=O) groups excluding carboxylic acids is 2. The van der Waals surface area contributed by atoms with E-state index in [0.29, 0.717) is 0 Å². The Hall–Kier alpha value is -2.57. The Bertz CT molecular complexity index is 853. The van der Waals surface area contributed by atoms with E-state index in [1.54, 1.807) is 0 Å². The average Bonchev–Trinajstić information content (AvgIpc) is 2.72. The highest BCUT2D eigenvalue weighted by Crippen LogP contribution is 2.35. The van der Waals surface area contributed by atoms with Crippen molar-refractivity contribution < 1.29 is 24.6 Å². The highest BCUT2D eigenvalue weighted by Gasteiger charge is 2.37. The van der Waals surface area contributed by atoms with Crippen molar-refractivity contribution in [3.63, 3.8) is 0 Å². The van der Waals surface area contributed by atoms with Crippen LogP contribution in [0.3, 0.4) is 0 Å². The summed E-state index contributed by atoms with van der Waals surface area (Å²) in [6.07, 6.45) is 0. The molecule has 1 aliphatic rings. The van der Waals surface area contributed by atoms with Crippen molar-refractivity contribution >= 4 is 46.7 Å². The number of aromatic carboxylic acids is 1. The minimum absolute atomic E-state index is 0.0265. The van der Waals surface area contributed by atoms with E-state index in [1.807, 2.05) is 0 Å². The number of nitrogens with zero attached hydrogens (tertiary/aromatic N) is 1. The van der Waals surface area contributed by atoms with Gasteiger partial charge in [0.05, 0.1) is 26.9 Å². The van der Waals surface area contributed by atoms with Crippen LogP contribution in [0, 0.1) is 0 Å². The number of amides is 2. The van der Waals surface area contributed by atoms with Gasteiger partial charge in [0.2, 0.25) is 0 Å². The highest BCUT2D eigenvalue weighted by atomic mass is 35.5. The predicted molar refractivity (Wildman–Crippen MR) is 82.7 cm³/mol. The van der Waals surface area contributed by atoms with E-state index in [1.165, 1.54) is 18.2 Å². The van der Waals surface area contributed by atoms with Crippen molar-refractivity contribution in [2.75, 3.05) is 4.90 Å². The average molecular weight is 352 g/mol. The van der Waals surface area contributed by atoms with Crippen LogP contribution >= 0.6 is 23.2 Å². The molecule has 3 rings (SSSR count). The molecular formula is C15H7Cl2NO5. The van der Waals surface area contributed by atoms with Crippen LogP contribution in [0.1, 0.15) is 31.1 Å². The summed E-state index contributed by atoms with van der Waals surface area (Å²) in [6.45, 7) is 0. The molecule has 23 heavy (non-hydrogen) atoms. The van der Waals surface area contributed by atoms with Crippen LogP contribution in [0.2, 0.25) is 10.0 Å². The molecule has 6 nitrogen and oxygen atoms in total. The number of hydrogen-bond donors (Lipinski definition) is 2. The van der Waals surface area contributed by atoms with Crippen molar-refractivity contribution in [3.8, 4) is 5.75 Å². The Morgan fingerprint density at radius 2 is 1.48 bits per heavy atom. The van der Waals surface area contributed by atoms with Gasteiger partial charge in [0.15, 0.2) is 0 Å². The van der Waals surface area contributed by atoms with Gasteiger partial charge in [-0.2, -0.15) is 0 Å². The second kappa shape index (κ2) is 5.26. The highest BCUT2D eigenvalue weighted by molar-refractivity contribution is 6.44. The lowest BCUT2D eigenvalue weighted by Gasteiger charge is -2.14. The van der Waals surface area contributed by atoms with Gasteiger partial charge in [0, 0.05) is 0 Å². The summed E-state index contributed by atoms with van der Waals surface area (Å²) in [7, 11) is 0. The number of imide groups is 1. The Balaban J connectivity index is 2.13. The number of aromatic hydroxyl groups is 1. The molecule has 0 atom stereocenters. The SMILES string of the molecule is O=C(O)c1cc(N2C(=O)c3cc(Cl)c(Cl)cc3C2=O)ccc1O. The quantitative estimate of drug-likeness (QED) is 0.810. The number of carboxylic acid groups (broad SMARTS) is 1. The van der Waals surface area contributed by atoms with Gasteiger partial charge in [-0.15, -0.1) is 0 Å². The third kappa shape index (κ3) is 2.32. The standard InChI is InChI=1S/C15H7Cl2NO5/c16-10-4-7-8(5-11(10)17)14(21)18(13(7)20)6-1-2-12(19)9(3-6)15(22)23/h1-5,19H,(H,22,23). The smallest absolute Gasteiger partial charge is 0.339 e. The zero-order valence-electron chi connectivity index (χ0n) is 11.2. The van der Waals surface area contributed by atoms with Gasteiger partial charge in [0.25, 0.3) is 11.8 Å². The molecule has 1 aliphatic heterocycles. The van der Waals surface area contributed by atoms with Crippen LogP contribution in [0.5, 0.6) is 5.75 Å². The van der Waals surface area contributed by atoms with E-state index in [0.717, 1.165) is 17.0 Å². The molecule has 0 unspecified atom stereocenters. The largest absolute Gasteiger partial charge is 0.507 e. The number of benzene rings is 2. The minimum Gasteiger partial charge on any atom is -0.507 e. The van der Waals surface area contributed by atoms with Gasteiger partial charge in [-0.3, -0.25) is 9.59 Å². The van der Waals surface area contributed by atoms with Crippen molar-refractivity contribution in [2.24, 2.45) is 0 Å². The molecular weight excluding hydrogens is 345 g/mol. The van der Waals surface area contributed by atoms with Crippen molar-refractivity contribution in [1.29, 1.82) is 0 Å². The molecule has 0 bridgehead atoms. The Labute approximate surface area is 139 Å². The van der Waals surface area contributed by atoms with Crippen molar-refractivity contribution in [1.82, 2.24) is 0 Å². The van der Waals surface area contributed by atoms with Crippen molar-refractivity contribution in [3.05, 3.63) is 57.1 Å². The van der Waals surface area contributed by atoms with Crippen LogP contribution in [0.25, 0.3) is 0 Å². The summed E-state index contributed by atoms with van der Waals surface area (Å²) >= 11 is 11.7. The molecule has 2 aromatic rings. The summed E-state index contributed by atoms with van der Waals surface area (Å²) in [5.74, 6) is -3.15. The third-order valence-electron chi connectivity index (χ3n) is 3.40. The number of fused-ring (bicyclic) bond motifs is 1. The lowest BCUT2D eigenvalue weighted by molar-refractivity contribution is 0.0692. The molecule has 2 amide bonds. The summed E-state index contributed by atoms with van der Waals surface area (Å²) < 4.78 is 0. The number of carboxylic acids is 1. The fraction of sp³-hybridized carbons (Fsp3) is 0. The molecule has 0 saturated carbocycles. The summed E-state index contributed by atoms with van der Waals surface area (Å²) in [5, 5.41) is 18.8. The first kappa shape index (κ1) is 15.3. The van der Waals surface area contributed by atoms with Crippen LogP contribution in [0.4, 0.5) is 5.69 Å². The Kier molecular flexibility index (Phi) is 3.50. The first-order chi connectivity index (χ1) is 10.8. The van der Waals surface area contributed by atoms with E-state index in [9.17, 15) is 19.5 Å². The first-order valence-corrected chi connectivity index (χ1v) is 7.01. The summed E-state index contributed by atoms with van der Waals surface area (Å²) in [4.78, 5) is 36.7. The molecule has 0 saturated heterocycles. The first-order valence-electron chi connectivity index (χ1n) is 6.25. The molecule has 0 fully saturated rings. The molecule has 8 heteroatoms. The summed E-state index contributed by atoms with van der Waals surface area (Å²) in [6, 6.07) is 5.99. The van der Waals surface area contributed by atoms with Gasteiger partial charge in [-0.1, -0.05) is 23.2 Å². The maximum atomic E-state index is 12.4. The Morgan fingerprint density at radius 1 is 0.957 bits per heavy atom. The molecule has 116 valence electrons. The maximum absolute atomic E-state index is 12.4. The number of rotatable bonds is 2. The van der Waals surface area contributed by atoms with Crippen LogP contribution in [-0.2, 0) is 0 Å². The van der Waals surface area contributed by atoms with Gasteiger partial charge in [-0.25, -0.2) is 9.69 Å². The number of carbonyl (C=O) groups is 3. The Morgan fingerprint density at radius 3 is 1.96 bits per heavy atom. The second-order valence-electron chi connectivity index (χ2n) is 4.76. The molecule has 2 N–H and O–H groups in total. The van der Waals surface area contributed by atoms with Crippen LogP contribution in [-0.4, -0.2) is 28.0 Å². The maximum Gasteiger partial charge on any atom is 0.339 e. The number of phenols is 1. The van der Waals surface area contributed by atoms with Gasteiger partial charge >= 0.3 is 5.97 Å². The molecule has 2 aromatic carbocycles. The monoisotopic (exact) mass is 351 g/mol.